The van der Waals surface area contributed by atoms with Crippen LogP contribution >= 0.6 is 0 Å². The third-order valence-corrected chi connectivity index (χ3v) is 3.35. The van der Waals surface area contributed by atoms with Gasteiger partial charge in [-0.15, -0.1) is 0 Å². The molecule has 0 aliphatic heterocycles. The van der Waals surface area contributed by atoms with Crippen LogP contribution in [0.15, 0.2) is 24.3 Å². The number of nitrogens with two attached hydrogens (primary N) is 1. The summed E-state index contributed by atoms with van der Waals surface area (Å²) in [5.74, 6) is -0.920. The van der Waals surface area contributed by atoms with Crippen LogP contribution in [-0.2, 0) is 16.1 Å². The van der Waals surface area contributed by atoms with Gasteiger partial charge in [0, 0.05) is 12.1 Å². The van der Waals surface area contributed by atoms with Gasteiger partial charge in [-0.05, 0) is 38.0 Å². The Bertz CT molecular complexity index is 567. The number of rotatable bonds is 7. The predicted molar refractivity (Wildman–Crippen MR) is 85.7 cm³/mol. The van der Waals surface area contributed by atoms with E-state index in [0.29, 0.717) is 5.56 Å². The largest absolute Gasteiger partial charge is 0.452 e. The van der Waals surface area contributed by atoms with Gasteiger partial charge in [0.15, 0.2) is 6.61 Å². The Morgan fingerprint density at radius 2 is 1.78 bits per heavy atom. The molecule has 0 bridgehead atoms. The first kappa shape index (κ1) is 18.5. The van der Waals surface area contributed by atoms with Crippen LogP contribution in [-0.4, -0.2) is 30.1 Å². The monoisotopic (exact) mass is 321 g/mol. The third kappa shape index (κ3) is 6.82. The minimum Gasteiger partial charge on any atom is -0.452 e. The van der Waals surface area contributed by atoms with Crippen LogP contribution < -0.4 is 16.4 Å². The number of carbonyl (C=O) groups is 3. The Morgan fingerprint density at radius 3 is 2.30 bits per heavy atom. The number of nitrogens with one attached hydrogen (secondary N) is 2. The van der Waals surface area contributed by atoms with Crippen molar-refractivity contribution in [2.45, 2.75) is 39.3 Å². The van der Waals surface area contributed by atoms with Gasteiger partial charge in [-0.3, -0.25) is 4.79 Å². The molecule has 126 valence electrons. The summed E-state index contributed by atoms with van der Waals surface area (Å²) in [6.07, 6.45) is 0.771. The van der Waals surface area contributed by atoms with E-state index in [0.717, 1.165) is 12.0 Å². The lowest BCUT2D eigenvalue weighted by Crippen LogP contribution is -2.44. The second-order valence-corrected chi connectivity index (χ2v) is 5.78. The first-order chi connectivity index (χ1) is 10.7. The zero-order valence-corrected chi connectivity index (χ0v) is 13.6. The molecule has 1 aromatic carbocycles. The molecule has 0 aliphatic carbocycles. The van der Waals surface area contributed by atoms with Crippen molar-refractivity contribution in [3.63, 3.8) is 0 Å². The van der Waals surface area contributed by atoms with Crippen molar-refractivity contribution in [3.05, 3.63) is 35.4 Å². The maximum absolute atomic E-state index is 11.9. The van der Waals surface area contributed by atoms with E-state index >= 15 is 0 Å². The van der Waals surface area contributed by atoms with Crippen molar-refractivity contribution in [1.29, 1.82) is 0 Å². The average molecular weight is 321 g/mol. The SMILES string of the molecule is CCC(C)(C)NC(=O)COC(=O)c1ccc(CNC(N)=O)cc1. The summed E-state index contributed by atoms with van der Waals surface area (Å²) < 4.78 is 4.98. The molecule has 0 unspecified atom stereocenters. The van der Waals surface area contributed by atoms with Crippen molar-refractivity contribution in [3.8, 4) is 0 Å². The molecule has 0 radical (unpaired) electrons. The number of hydrogen-bond donors (Lipinski definition) is 3. The zero-order valence-electron chi connectivity index (χ0n) is 13.6. The van der Waals surface area contributed by atoms with Gasteiger partial charge in [-0.25, -0.2) is 9.59 Å². The number of primary amides is 1. The van der Waals surface area contributed by atoms with E-state index < -0.39 is 12.0 Å². The van der Waals surface area contributed by atoms with Gasteiger partial charge in [-0.1, -0.05) is 19.1 Å². The highest BCUT2D eigenvalue weighted by molar-refractivity contribution is 5.91. The predicted octanol–water partition coefficient (Wildman–Crippen LogP) is 1.32. The molecular weight excluding hydrogens is 298 g/mol. The van der Waals surface area contributed by atoms with E-state index in [2.05, 4.69) is 10.6 Å². The minimum absolute atomic E-state index is 0.277. The molecular formula is C16H23N3O4. The molecule has 0 aliphatic rings. The summed E-state index contributed by atoms with van der Waals surface area (Å²) in [5.41, 5.74) is 5.77. The van der Waals surface area contributed by atoms with Crippen LogP contribution in [0, 0.1) is 0 Å². The minimum atomic E-state index is -0.616. The highest BCUT2D eigenvalue weighted by atomic mass is 16.5. The van der Waals surface area contributed by atoms with Crippen molar-refractivity contribution in [2.24, 2.45) is 5.73 Å². The second-order valence-electron chi connectivity index (χ2n) is 5.78. The number of ether oxygens (including phenoxy) is 1. The maximum Gasteiger partial charge on any atom is 0.338 e. The summed E-state index contributed by atoms with van der Waals surface area (Å²) >= 11 is 0. The first-order valence-electron chi connectivity index (χ1n) is 7.34. The smallest absolute Gasteiger partial charge is 0.338 e. The lowest BCUT2D eigenvalue weighted by Gasteiger charge is -2.24. The number of amides is 3. The lowest BCUT2D eigenvalue weighted by molar-refractivity contribution is -0.125. The van der Waals surface area contributed by atoms with E-state index in [1.807, 2.05) is 20.8 Å². The number of benzene rings is 1. The summed E-state index contributed by atoms with van der Waals surface area (Å²) in [4.78, 5) is 34.2. The van der Waals surface area contributed by atoms with Gasteiger partial charge in [0.1, 0.15) is 0 Å². The van der Waals surface area contributed by atoms with Crippen molar-refractivity contribution >= 4 is 17.9 Å². The molecule has 0 aromatic heterocycles. The summed E-state index contributed by atoms with van der Waals surface area (Å²) in [6.45, 7) is 5.70. The van der Waals surface area contributed by atoms with Crippen molar-refractivity contribution < 1.29 is 19.1 Å². The summed E-state index contributed by atoms with van der Waals surface area (Å²) in [5, 5.41) is 5.23. The topological polar surface area (TPSA) is 111 Å². The fourth-order valence-corrected chi connectivity index (χ4v) is 1.66. The summed E-state index contributed by atoms with van der Waals surface area (Å²) in [7, 11) is 0. The van der Waals surface area contributed by atoms with E-state index in [1.165, 1.54) is 0 Å². The standard InChI is InChI=1S/C16H23N3O4/c1-4-16(2,3)19-13(20)10-23-14(21)12-7-5-11(6-8-12)9-18-15(17)22/h5-8H,4,9-10H2,1-3H3,(H,19,20)(H3,17,18,22). The van der Waals surface area contributed by atoms with Crippen LogP contribution in [0.2, 0.25) is 0 Å². The van der Waals surface area contributed by atoms with E-state index in [1.54, 1.807) is 24.3 Å². The number of hydrogen-bond acceptors (Lipinski definition) is 4. The second kappa shape index (κ2) is 8.17. The highest BCUT2D eigenvalue weighted by Crippen LogP contribution is 2.08. The number of esters is 1. The fourth-order valence-electron chi connectivity index (χ4n) is 1.66. The molecule has 0 atom stereocenters. The Balaban J connectivity index is 2.49. The Morgan fingerprint density at radius 1 is 1.17 bits per heavy atom. The Kier molecular flexibility index (Phi) is 6.56. The highest BCUT2D eigenvalue weighted by Gasteiger charge is 2.19. The van der Waals surface area contributed by atoms with Crippen LogP contribution in [0.3, 0.4) is 0 Å². The van der Waals surface area contributed by atoms with Gasteiger partial charge in [0.05, 0.1) is 5.56 Å². The van der Waals surface area contributed by atoms with Crippen molar-refractivity contribution in [1.82, 2.24) is 10.6 Å². The Labute approximate surface area is 135 Å². The third-order valence-electron chi connectivity index (χ3n) is 3.35. The Hall–Kier alpha value is -2.57. The molecule has 0 spiro atoms. The van der Waals surface area contributed by atoms with Gasteiger partial charge < -0.3 is 21.1 Å². The van der Waals surface area contributed by atoms with E-state index in [9.17, 15) is 14.4 Å². The number of carbonyl (C=O) groups excluding carboxylic acids is 3. The van der Waals surface area contributed by atoms with Gasteiger partial charge >= 0.3 is 12.0 Å². The first-order valence-corrected chi connectivity index (χ1v) is 7.34. The molecule has 3 amide bonds. The zero-order chi connectivity index (χ0) is 17.5. The lowest BCUT2D eigenvalue weighted by atomic mass is 10.0. The molecule has 1 aromatic rings. The molecule has 0 fully saturated rings. The molecule has 0 heterocycles. The molecule has 4 N–H and O–H groups in total. The van der Waals surface area contributed by atoms with Gasteiger partial charge in [0.2, 0.25) is 0 Å². The van der Waals surface area contributed by atoms with E-state index in [4.69, 9.17) is 10.5 Å². The van der Waals surface area contributed by atoms with Crippen LogP contribution in [0.25, 0.3) is 0 Å². The summed E-state index contributed by atoms with van der Waals surface area (Å²) in [6, 6.07) is 5.86. The molecule has 23 heavy (non-hydrogen) atoms. The fraction of sp³-hybridized carbons (Fsp3) is 0.438. The average Bonchev–Trinajstić information content (AvgIpc) is 2.50. The molecule has 7 nitrogen and oxygen atoms in total. The van der Waals surface area contributed by atoms with Crippen LogP contribution in [0.5, 0.6) is 0 Å². The van der Waals surface area contributed by atoms with E-state index in [-0.39, 0.29) is 24.6 Å². The molecule has 7 heteroatoms. The van der Waals surface area contributed by atoms with Crippen LogP contribution in [0.1, 0.15) is 43.1 Å². The van der Waals surface area contributed by atoms with Gasteiger partial charge in [-0.2, -0.15) is 0 Å². The van der Waals surface area contributed by atoms with Gasteiger partial charge in [0.25, 0.3) is 5.91 Å². The molecule has 0 saturated heterocycles. The number of urea groups is 1. The maximum atomic E-state index is 11.9. The molecule has 1 rings (SSSR count). The van der Waals surface area contributed by atoms with Crippen molar-refractivity contribution in [2.75, 3.05) is 6.61 Å². The quantitative estimate of drug-likeness (QED) is 0.658. The van der Waals surface area contributed by atoms with Crippen LogP contribution in [0.4, 0.5) is 4.79 Å². The molecule has 0 saturated carbocycles. The normalized spacial score (nSPS) is 10.7.